The van der Waals surface area contributed by atoms with Crippen LogP contribution < -0.4 is 5.73 Å². The molecule has 13 heavy (non-hydrogen) atoms. The predicted molar refractivity (Wildman–Crippen MR) is 55.7 cm³/mol. The Morgan fingerprint density at radius 1 is 1.23 bits per heavy atom. The molecule has 0 aromatic carbocycles. The van der Waals surface area contributed by atoms with E-state index in [1.54, 1.807) is 0 Å². The van der Waals surface area contributed by atoms with Crippen molar-refractivity contribution in [2.75, 3.05) is 6.54 Å². The summed E-state index contributed by atoms with van der Waals surface area (Å²) in [5.41, 5.74) is 5.49. The third-order valence-electron chi connectivity index (χ3n) is 2.80. The molecule has 2 N–H and O–H groups in total. The van der Waals surface area contributed by atoms with Crippen molar-refractivity contribution < 1.29 is 4.74 Å². The van der Waals surface area contributed by atoms with Gasteiger partial charge in [0.1, 0.15) is 0 Å². The normalized spacial score (nSPS) is 22.6. The molecule has 1 aliphatic carbocycles. The zero-order valence-electron chi connectivity index (χ0n) is 8.80. The lowest BCUT2D eigenvalue weighted by atomic mass is 10.1. The van der Waals surface area contributed by atoms with E-state index in [1.165, 1.54) is 38.5 Å². The molecule has 0 radical (unpaired) electrons. The molecule has 0 aliphatic heterocycles. The summed E-state index contributed by atoms with van der Waals surface area (Å²) in [4.78, 5) is 0. The lowest BCUT2D eigenvalue weighted by molar-refractivity contribution is -0.0121. The molecular formula is C11H23NO. The third-order valence-corrected chi connectivity index (χ3v) is 2.80. The van der Waals surface area contributed by atoms with E-state index in [0.29, 0.717) is 12.2 Å². The van der Waals surface area contributed by atoms with Gasteiger partial charge in [0.05, 0.1) is 12.2 Å². The first-order valence-corrected chi connectivity index (χ1v) is 5.68. The van der Waals surface area contributed by atoms with Crippen LogP contribution in [0.15, 0.2) is 0 Å². The highest BCUT2D eigenvalue weighted by atomic mass is 16.5. The summed E-state index contributed by atoms with van der Waals surface area (Å²) < 4.78 is 5.93. The minimum absolute atomic E-state index is 0.355. The van der Waals surface area contributed by atoms with E-state index in [-0.39, 0.29) is 0 Å². The molecule has 1 rings (SSSR count). The van der Waals surface area contributed by atoms with Gasteiger partial charge in [0.2, 0.25) is 0 Å². The summed E-state index contributed by atoms with van der Waals surface area (Å²) in [6.07, 6.45) is 9.87. The monoisotopic (exact) mass is 185 g/mol. The van der Waals surface area contributed by atoms with E-state index in [0.717, 1.165) is 13.0 Å². The fourth-order valence-corrected chi connectivity index (χ4v) is 2.01. The minimum atomic E-state index is 0.355. The van der Waals surface area contributed by atoms with Crippen LogP contribution >= 0.6 is 0 Å². The van der Waals surface area contributed by atoms with E-state index in [1.807, 2.05) is 0 Å². The zero-order valence-corrected chi connectivity index (χ0v) is 8.80. The van der Waals surface area contributed by atoms with Crippen molar-refractivity contribution in [1.82, 2.24) is 0 Å². The lowest BCUT2D eigenvalue weighted by Crippen LogP contribution is -2.21. The van der Waals surface area contributed by atoms with Gasteiger partial charge in [-0.3, -0.25) is 0 Å². The number of nitrogens with two attached hydrogens (primary N) is 1. The highest BCUT2D eigenvalue weighted by Gasteiger charge is 2.14. The van der Waals surface area contributed by atoms with Gasteiger partial charge >= 0.3 is 0 Å². The first kappa shape index (κ1) is 11.0. The second-order valence-electron chi connectivity index (χ2n) is 4.14. The summed E-state index contributed by atoms with van der Waals surface area (Å²) in [6.45, 7) is 2.88. The van der Waals surface area contributed by atoms with E-state index in [2.05, 4.69) is 6.92 Å². The molecule has 0 amide bonds. The standard InChI is InChI=1S/C11H23NO/c1-10(8-9-12)13-11-6-4-2-3-5-7-11/h10-11H,2-9,12H2,1H3. The Hall–Kier alpha value is -0.0800. The number of rotatable bonds is 4. The smallest absolute Gasteiger partial charge is 0.0578 e. The van der Waals surface area contributed by atoms with Crippen molar-refractivity contribution in [1.29, 1.82) is 0 Å². The Morgan fingerprint density at radius 2 is 1.85 bits per heavy atom. The Morgan fingerprint density at radius 3 is 2.38 bits per heavy atom. The van der Waals surface area contributed by atoms with Gasteiger partial charge in [-0.1, -0.05) is 25.7 Å². The minimum Gasteiger partial charge on any atom is -0.375 e. The van der Waals surface area contributed by atoms with Crippen LogP contribution in [0.4, 0.5) is 0 Å². The summed E-state index contributed by atoms with van der Waals surface area (Å²) in [5, 5.41) is 0. The molecule has 1 fully saturated rings. The number of ether oxygens (including phenoxy) is 1. The van der Waals surface area contributed by atoms with E-state index >= 15 is 0 Å². The van der Waals surface area contributed by atoms with Crippen molar-refractivity contribution >= 4 is 0 Å². The van der Waals surface area contributed by atoms with E-state index in [9.17, 15) is 0 Å². The molecule has 0 heterocycles. The molecule has 0 bridgehead atoms. The second kappa shape index (κ2) is 6.39. The highest BCUT2D eigenvalue weighted by molar-refractivity contribution is 4.66. The lowest BCUT2D eigenvalue weighted by Gasteiger charge is -2.20. The molecule has 1 saturated carbocycles. The van der Waals surface area contributed by atoms with Gasteiger partial charge in [0.15, 0.2) is 0 Å². The molecule has 2 nitrogen and oxygen atoms in total. The quantitative estimate of drug-likeness (QED) is 0.683. The Balaban J connectivity index is 2.17. The van der Waals surface area contributed by atoms with Crippen molar-refractivity contribution in [3.63, 3.8) is 0 Å². The van der Waals surface area contributed by atoms with Crippen LogP contribution in [-0.4, -0.2) is 18.8 Å². The maximum Gasteiger partial charge on any atom is 0.0578 e. The molecule has 78 valence electrons. The SMILES string of the molecule is CC(CCN)OC1CCCCCC1. The van der Waals surface area contributed by atoms with Gasteiger partial charge < -0.3 is 10.5 Å². The molecule has 0 saturated heterocycles. The number of hydrogen-bond acceptors (Lipinski definition) is 2. The molecule has 1 atom stereocenters. The molecule has 0 aromatic rings. The molecular weight excluding hydrogens is 162 g/mol. The highest BCUT2D eigenvalue weighted by Crippen LogP contribution is 2.21. The zero-order chi connectivity index (χ0) is 9.52. The van der Waals surface area contributed by atoms with Crippen LogP contribution in [-0.2, 0) is 4.74 Å². The fourth-order valence-electron chi connectivity index (χ4n) is 2.01. The van der Waals surface area contributed by atoms with Crippen molar-refractivity contribution in [2.24, 2.45) is 5.73 Å². The van der Waals surface area contributed by atoms with Gasteiger partial charge in [-0.15, -0.1) is 0 Å². The predicted octanol–water partition coefficient (Wildman–Crippen LogP) is 2.46. The van der Waals surface area contributed by atoms with Crippen molar-refractivity contribution in [3.05, 3.63) is 0 Å². The van der Waals surface area contributed by atoms with Crippen LogP contribution in [0, 0.1) is 0 Å². The molecule has 1 aliphatic rings. The largest absolute Gasteiger partial charge is 0.375 e. The molecule has 0 spiro atoms. The van der Waals surface area contributed by atoms with Gasteiger partial charge in [-0.2, -0.15) is 0 Å². The Bertz CT molecular complexity index is 119. The fraction of sp³-hybridized carbons (Fsp3) is 1.00. The maximum atomic E-state index is 5.93. The summed E-state index contributed by atoms with van der Waals surface area (Å²) in [5.74, 6) is 0. The second-order valence-corrected chi connectivity index (χ2v) is 4.14. The van der Waals surface area contributed by atoms with Crippen LogP contribution in [0.25, 0.3) is 0 Å². The first-order valence-electron chi connectivity index (χ1n) is 5.68. The van der Waals surface area contributed by atoms with Crippen molar-refractivity contribution in [2.45, 2.75) is 64.1 Å². The third kappa shape index (κ3) is 4.63. The molecule has 2 heteroatoms. The summed E-state index contributed by atoms with van der Waals surface area (Å²) >= 11 is 0. The molecule has 0 aromatic heterocycles. The van der Waals surface area contributed by atoms with Crippen LogP contribution in [0.1, 0.15) is 51.9 Å². The Labute approximate surface area is 81.8 Å². The average Bonchev–Trinajstić information content (AvgIpc) is 2.33. The van der Waals surface area contributed by atoms with E-state index in [4.69, 9.17) is 10.5 Å². The van der Waals surface area contributed by atoms with Gasteiger partial charge in [0, 0.05) is 0 Å². The first-order chi connectivity index (χ1) is 6.33. The van der Waals surface area contributed by atoms with Crippen LogP contribution in [0.5, 0.6) is 0 Å². The topological polar surface area (TPSA) is 35.2 Å². The maximum absolute atomic E-state index is 5.93. The Kier molecular flexibility index (Phi) is 5.40. The molecule has 1 unspecified atom stereocenters. The summed E-state index contributed by atoms with van der Waals surface area (Å²) in [6, 6.07) is 0. The van der Waals surface area contributed by atoms with Gasteiger partial charge in [-0.25, -0.2) is 0 Å². The number of hydrogen-bond donors (Lipinski definition) is 1. The van der Waals surface area contributed by atoms with Gasteiger partial charge in [0.25, 0.3) is 0 Å². The van der Waals surface area contributed by atoms with Gasteiger partial charge in [-0.05, 0) is 32.7 Å². The van der Waals surface area contributed by atoms with Crippen LogP contribution in [0.3, 0.4) is 0 Å². The van der Waals surface area contributed by atoms with Crippen molar-refractivity contribution in [3.8, 4) is 0 Å². The average molecular weight is 185 g/mol. The van der Waals surface area contributed by atoms with E-state index < -0.39 is 0 Å². The van der Waals surface area contributed by atoms with Crippen LogP contribution in [0.2, 0.25) is 0 Å². The summed E-state index contributed by atoms with van der Waals surface area (Å²) in [7, 11) is 0.